The van der Waals surface area contributed by atoms with E-state index < -0.39 is 0 Å². The Morgan fingerprint density at radius 1 is 1.73 bits per heavy atom. The Morgan fingerprint density at radius 3 is 3.27 bits per heavy atom. The Bertz CT molecular complexity index is 327. The zero-order chi connectivity index (χ0) is 10.7. The highest BCUT2D eigenvalue weighted by Gasteiger charge is 2.37. The first kappa shape index (κ1) is 10.4. The largest absolute Gasteiger partial charge is 0.335 e. The predicted octanol–water partition coefficient (Wildman–Crippen LogP) is 1.85. The first-order chi connectivity index (χ1) is 7.29. The quantitative estimate of drug-likeness (QED) is 0.823. The Balaban J connectivity index is 1.70. The molecule has 0 unspecified atom stereocenters. The van der Waals surface area contributed by atoms with Gasteiger partial charge in [0.2, 0.25) is 0 Å². The summed E-state index contributed by atoms with van der Waals surface area (Å²) in [6.07, 6.45) is 5.04. The van der Waals surface area contributed by atoms with Gasteiger partial charge < -0.3 is 5.32 Å². The fourth-order valence-electron chi connectivity index (χ4n) is 1.65. The third-order valence-corrected chi connectivity index (χ3v) is 3.08. The minimum atomic E-state index is -0.148. The molecule has 5 nitrogen and oxygen atoms in total. The monoisotopic (exact) mass is 226 g/mol. The predicted molar refractivity (Wildman–Crippen MR) is 58.9 cm³/mol. The number of hydrogen-bond donors (Lipinski definition) is 2. The third kappa shape index (κ3) is 2.89. The van der Waals surface area contributed by atoms with E-state index in [1.165, 1.54) is 24.4 Å². The minimum Gasteiger partial charge on any atom is -0.335 e. The molecule has 15 heavy (non-hydrogen) atoms. The van der Waals surface area contributed by atoms with Gasteiger partial charge in [0.15, 0.2) is 0 Å². The van der Waals surface area contributed by atoms with Crippen LogP contribution in [-0.4, -0.2) is 21.7 Å². The van der Waals surface area contributed by atoms with Crippen molar-refractivity contribution in [3.63, 3.8) is 0 Å². The second-order valence-corrected chi connectivity index (χ2v) is 4.56. The van der Waals surface area contributed by atoms with Crippen molar-refractivity contribution in [2.24, 2.45) is 5.92 Å². The van der Waals surface area contributed by atoms with Crippen LogP contribution < -0.4 is 10.6 Å². The van der Waals surface area contributed by atoms with Crippen LogP contribution in [0.25, 0.3) is 0 Å². The number of carbonyl (C=O) groups excluding carboxylic acids is 1. The van der Waals surface area contributed by atoms with Crippen molar-refractivity contribution in [1.29, 1.82) is 0 Å². The van der Waals surface area contributed by atoms with Crippen molar-refractivity contribution in [1.82, 2.24) is 14.9 Å². The molecule has 82 valence electrons. The number of nitrogens with zero attached hydrogens (tertiary/aromatic N) is 2. The summed E-state index contributed by atoms with van der Waals surface area (Å²) in [6, 6.07) is 0.218. The van der Waals surface area contributed by atoms with Gasteiger partial charge in [0.05, 0.1) is 6.20 Å². The van der Waals surface area contributed by atoms with Crippen LogP contribution in [0.4, 0.5) is 9.80 Å². The van der Waals surface area contributed by atoms with Crippen LogP contribution in [0.3, 0.4) is 0 Å². The molecular formula is C9H14N4OS. The number of carbonyl (C=O) groups is 1. The molecule has 1 aromatic heterocycles. The van der Waals surface area contributed by atoms with E-state index in [1.807, 2.05) is 0 Å². The van der Waals surface area contributed by atoms with E-state index >= 15 is 0 Å². The molecule has 2 N–H and O–H groups in total. The maximum atomic E-state index is 11.4. The van der Waals surface area contributed by atoms with Crippen LogP contribution in [0.1, 0.15) is 26.2 Å². The third-order valence-electron chi connectivity index (χ3n) is 2.50. The standard InChI is InChI=1S/C9H14N4OS/c1-2-3-6-4-7(6)11-9(14)12-8-5-10-13-15-8/h5-7H,2-4H2,1H3,(H2,11,12,14)/t6-,7+/m1/s1. The van der Waals surface area contributed by atoms with Crippen LogP contribution >= 0.6 is 11.5 Å². The van der Waals surface area contributed by atoms with Gasteiger partial charge >= 0.3 is 6.03 Å². The zero-order valence-electron chi connectivity index (χ0n) is 8.56. The number of nitrogens with one attached hydrogen (secondary N) is 2. The fourth-order valence-corrected chi connectivity index (χ4v) is 2.07. The lowest BCUT2D eigenvalue weighted by molar-refractivity contribution is 0.251. The molecule has 2 amide bonds. The normalized spacial score (nSPS) is 23.5. The van der Waals surface area contributed by atoms with E-state index in [0.29, 0.717) is 17.0 Å². The van der Waals surface area contributed by atoms with Crippen LogP contribution in [0, 0.1) is 5.92 Å². The Morgan fingerprint density at radius 2 is 2.60 bits per heavy atom. The van der Waals surface area contributed by atoms with Gasteiger partial charge in [-0.25, -0.2) is 4.79 Å². The molecule has 6 heteroatoms. The molecule has 2 rings (SSSR count). The van der Waals surface area contributed by atoms with Crippen molar-refractivity contribution in [2.45, 2.75) is 32.2 Å². The zero-order valence-corrected chi connectivity index (χ0v) is 9.38. The number of anilines is 1. The first-order valence-corrected chi connectivity index (χ1v) is 5.91. The molecule has 1 saturated carbocycles. The minimum absolute atomic E-state index is 0.148. The molecule has 2 atom stereocenters. The average molecular weight is 226 g/mol. The van der Waals surface area contributed by atoms with E-state index in [2.05, 4.69) is 27.1 Å². The summed E-state index contributed by atoms with van der Waals surface area (Å²) in [5.41, 5.74) is 0. The topological polar surface area (TPSA) is 66.9 Å². The molecule has 1 aliphatic rings. The molecule has 0 saturated heterocycles. The first-order valence-electron chi connectivity index (χ1n) is 5.14. The molecular weight excluding hydrogens is 212 g/mol. The smallest absolute Gasteiger partial charge is 0.320 e. The SMILES string of the molecule is CCC[C@@H]1C[C@@H]1NC(=O)Nc1cnns1. The molecule has 0 radical (unpaired) electrons. The van der Waals surface area contributed by atoms with Crippen LogP contribution in [0.2, 0.25) is 0 Å². The van der Waals surface area contributed by atoms with E-state index in [0.717, 1.165) is 6.42 Å². The molecule has 1 aliphatic carbocycles. The van der Waals surface area contributed by atoms with Crippen LogP contribution in [0.5, 0.6) is 0 Å². The van der Waals surface area contributed by atoms with Crippen molar-refractivity contribution >= 4 is 22.6 Å². The summed E-state index contributed by atoms with van der Waals surface area (Å²) in [6.45, 7) is 2.17. The lowest BCUT2D eigenvalue weighted by atomic mass is 10.2. The molecule has 0 spiro atoms. The Labute approximate surface area is 92.4 Å². The summed E-state index contributed by atoms with van der Waals surface area (Å²) in [5, 5.41) is 9.95. The second kappa shape index (κ2) is 4.57. The Kier molecular flexibility index (Phi) is 3.15. The van der Waals surface area contributed by atoms with Gasteiger partial charge in [0.25, 0.3) is 0 Å². The maximum Gasteiger partial charge on any atom is 0.320 e. The van der Waals surface area contributed by atoms with Crippen molar-refractivity contribution in [2.75, 3.05) is 5.32 Å². The van der Waals surface area contributed by atoms with Crippen molar-refractivity contribution < 1.29 is 4.79 Å². The van der Waals surface area contributed by atoms with Gasteiger partial charge in [-0.1, -0.05) is 17.8 Å². The number of hydrogen-bond acceptors (Lipinski definition) is 4. The van der Waals surface area contributed by atoms with Gasteiger partial charge in [-0.15, -0.1) is 5.10 Å². The highest BCUT2D eigenvalue weighted by atomic mass is 32.1. The van der Waals surface area contributed by atoms with E-state index in [9.17, 15) is 4.79 Å². The lowest BCUT2D eigenvalue weighted by Crippen LogP contribution is -2.31. The summed E-state index contributed by atoms with van der Waals surface area (Å²) in [5.74, 6) is 0.681. The highest BCUT2D eigenvalue weighted by Crippen LogP contribution is 2.34. The van der Waals surface area contributed by atoms with Crippen LogP contribution in [-0.2, 0) is 0 Å². The summed E-state index contributed by atoms with van der Waals surface area (Å²) >= 11 is 1.18. The van der Waals surface area contributed by atoms with E-state index in [-0.39, 0.29) is 6.03 Å². The van der Waals surface area contributed by atoms with Crippen molar-refractivity contribution in [3.8, 4) is 0 Å². The molecule has 1 heterocycles. The molecule has 0 aromatic carbocycles. The number of amides is 2. The van der Waals surface area contributed by atoms with Gasteiger partial charge in [-0.05, 0) is 18.8 Å². The van der Waals surface area contributed by atoms with Crippen LogP contribution in [0.15, 0.2) is 6.20 Å². The van der Waals surface area contributed by atoms with E-state index in [1.54, 1.807) is 6.20 Å². The Hall–Kier alpha value is -1.17. The maximum absolute atomic E-state index is 11.4. The number of urea groups is 1. The summed E-state index contributed by atoms with van der Waals surface area (Å²) in [4.78, 5) is 11.4. The summed E-state index contributed by atoms with van der Waals surface area (Å²) < 4.78 is 3.66. The number of aromatic nitrogens is 2. The number of rotatable bonds is 4. The summed E-state index contributed by atoms with van der Waals surface area (Å²) in [7, 11) is 0. The van der Waals surface area contributed by atoms with Gasteiger partial charge in [-0.2, -0.15) is 0 Å². The van der Waals surface area contributed by atoms with Gasteiger partial charge in [0.1, 0.15) is 5.00 Å². The van der Waals surface area contributed by atoms with Gasteiger partial charge in [0, 0.05) is 17.6 Å². The lowest BCUT2D eigenvalue weighted by Gasteiger charge is -2.03. The molecule has 1 aromatic rings. The fraction of sp³-hybridized carbons (Fsp3) is 0.667. The molecule has 1 fully saturated rings. The van der Waals surface area contributed by atoms with Gasteiger partial charge in [-0.3, -0.25) is 5.32 Å². The average Bonchev–Trinajstić information content (AvgIpc) is 2.73. The molecule has 0 aliphatic heterocycles. The van der Waals surface area contributed by atoms with Crippen molar-refractivity contribution in [3.05, 3.63) is 6.20 Å². The molecule has 0 bridgehead atoms. The van der Waals surface area contributed by atoms with E-state index in [4.69, 9.17) is 0 Å². The second-order valence-electron chi connectivity index (χ2n) is 3.77. The highest BCUT2D eigenvalue weighted by molar-refractivity contribution is 7.10.